The molecule has 0 radical (unpaired) electrons. The first-order valence-electron chi connectivity index (χ1n) is 6.94. The molecular formula is C14H14Cl3N4O3+. The number of pyridine rings is 1. The van der Waals surface area contributed by atoms with Gasteiger partial charge < -0.3 is 15.8 Å². The lowest BCUT2D eigenvalue weighted by atomic mass is 9.98. The third-order valence-electron chi connectivity index (χ3n) is 3.68. The SMILES string of the molecule is C[C@](C#N)(NC(=O)COC(=O)c1[nH+]c(Cl)c(Cl)c(N)c1Cl)C1CC1. The normalized spacial score (nSPS) is 16.0. The van der Waals surface area contributed by atoms with Crippen LogP contribution in [-0.4, -0.2) is 24.0 Å². The van der Waals surface area contributed by atoms with Gasteiger partial charge in [-0.2, -0.15) is 10.2 Å². The number of hydrogen-bond acceptors (Lipinski definition) is 5. The molecule has 1 heterocycles. The Balaban J connectivity index is 2.01. The number of halogens is 3. The van der Waals surface area contributed by atoms with Crippen molar-refractivity contribution in [1.29, 1.82) is 5.26 Å². The monoisotopic (exact) mass is 391 g/mol. The van der Waals surface area contributed by atoms with Gasteiger partial charge in [0.2, 0.25) is 0 Å². The van der Waals surface area contributed by atoms with Crippen molar-refractivity contribution < 1.29 is 19.3 Å². The number of ether oxygens (including phenoxy) is 1. The number of rotatable bonds is 5. The van der Waals surface area contributed by atoms with Gasteiger partial charge in [0.25, 0.3) is 11.1 Å². The number of anilines is 1. The molecule has 128 valence electrons. The van der Waals surface area contributed by atoms with Gasteiger partial charge in [-0.25, -0.2) is 4.79 Å². The van der Waals surface area contributed by atoms with E-state index in [0.717, 1.165) is 12.8 Å². The predicted molar refractivity (Wildman–Crippen MR) is 87.6 cm³/mol. The summed E-state index contributed by atoms with van der Waals surface area (Å²) in [6.45, 7) is 1.06. The molecule has 0 aliphatic heterocycles. The predicted octanol–water partition coefficient (Wildman–Crippen LogP) is 2.01. The van der Waals surface area contributed by atoms with Crippen LogP contribution in [0, 0.1) is 17.2 Å². The number of amides is 1. The number of aromatic amines is 1. The third-order valence-corrected chi connectivity index (χ3v) is 4.85. The fourth-order valence-corrected chi connectivity index (χ4v) is 2.73. The molecule has 2 rings (SSSR count). The lowest BCUT2D eigenvalue weighted by Crippen LogP contribution is -2.48. The first-order valence-corrected chi connectivity index (χ1v) is 8.07. The summed E-state index contributed by atoms with van der Waals surface area (Å²) < 4.78 is 4.88. The number of nitriles is 1. The van der Waals surface area contributed by atoms with Crippen LogP contribution in [0.3, 0.4) is 0 Å². The molecule has 1 aliphatic carbocycles. The van der Waals surface area contributed by atoms with Crippen molar-refractivity contribution in [3.63, 3.8) is 0 Å². The Morgan fingerprint density at radius 2 is 2.04 bits per heavy atom. The summed E-state index contributed by atoms with van der Waals surface area (Å²) >= 11 is 17.5. The van der Waals surface area contributed by atoms with Gasteiger partial charge in [-0.05, 0) is 37.3 Å². The molecule has 4 N–H and O–H groups in total. The number of carbonyl (C=O) groups excluding carboxylic acids is 2. The van der Waals surface area contributed by atoms with Crippen molar-refractivity contribution in [3.8, 4) is 6.07 Å². The molecule has 0 unspecified atom stereocenters. The van der Waals surface area contributed by atoms with Crippen molar-refractivity contribution in [3.05, 3.63) is 20.9 Å². The van der Waals surface area contributed by atoms with Gasteiger partial charge >= 0.3 is 11.7 Å². The number of esters is 1. The number of H-pyrrole nitrogens is 1. The minimum atomic E-state index is -0.971. The highest BCUT2D eigenvalue weighted by Crippen LogP contribution is 2.39. The number of nitrogens with zero attached hydrogens (tertiary/aromatic N) is 1. The number of nitrogen functional groups attached to an aromatic ring is 1. The second-order valence-electron chi connectivity index (χ2n) is 5.57. The lowest BCUT2D eigenvalue weighted by molar-refractivity contribution is -0.380. The van der Waals surface area contributed by atoms with Gasteiger partial charge in [-0.1, -0.05) is 23.2 Å². The zero-order chi connectivity index (χ0) is 18.1. The summed E-state index contributed by atoms with van der Waals surface area (Å²) in [7, 11) is 0. The number of aromatic nitrogens is 1. The van der Waals surface area contributed by atoms with Gasteiger partial charge in [0, 0.05) is 0 Å². The van der Waals surface area contributed by atoms with Crippen LogP contribution in [0.15, 0.2) is 0 Å². The van der Waals surface area contributed by atoms with E-state index < -0.39 is 24.0 Å². The largest absolute Gasteiger partial charge is 0.448 e. The van der Waals surface area contributed by atoms with Crippen molar-refractivity contribution >= 4 is 52.4 Å². The van der Waals surface area contributed by atoms with Crippen LogP contribution in [0.5, 0.6) is 0 Å². The van der Waals surface area contributed by atoms with Crippen LogP contribution >= 0.6 is 34.8 Å². The first-order chi connectivity index (χ1) is 11.2. The Morgan fingerprint density at radius 3 is 2.58 bits per heavy atom. The second kappa shape index (κ2) is 7.01. The van der Waals surface area contributed by atoms with Gasteiger partial charge in [0.1, 0.15) is 15.6 Å². The second-order valence-corrected chi connectivity index (χ2v) is 6.70. The quantitative estimate of drug-likeness (QED) is 0.586. The number of hydrogen-bond donors (Lipinski definition) is 2. The fourth-order valence-electron chi connectivity index (χ4n) is 2.12. The molecule has 0 spiro atoms. The molecule has 10 heteroatoms. The Hall–Kier alpha value is -1.75. The summed E-state index contributed by atoms with van der Waals surface area (Å²) in [5.41, 5.74) is 4.36. The molecule has 1 fully saturated rings. The molecule has 1 saturated carbocycles. The van der Waals surface area contributed by atoms with Crippen LogP contribution in [0.1, 0.15) is 30.3 Å². The van der Waals surface area contributed by atoms with E-state index >= 15 is 0 Å². The third kappa shape index (κ3) is 3.83. The summed E-state index contributed by atoms with van der Waals surface area (Å²) in [5.74, 6) is -1.41. The Bertz CT molecular complexity index is 746. The zero-order valence-corrected chi connectivity index (χ0v) is 14.8. The summed E-state index contributed by atoms with van der Waals surface area (Å²) in [5, 5.41) is 11.5. The van der Waals surface area contributed by atoms with E-state index in [1.165, 1.54) is 0 Å². The Kier molecular flexibility index (Phi) is 5.43. The van der Waals surface area contributed by atoms with E-state index in [1.807, 2.05) is 0 Å². The molecule has 1 amide bonds. The summed E-state index contributed by atoms with van der Waals surface area (Å²) in [6, 6.07) is 2.07. The number of carbonyl (C=O) groups is 2. The maximum Gasteiger partial charge on any atom is 0.405 e. The minimum absolute atomic E-state index is 0.0230. The van der Waals surface area contributed by atoms with Crippen LogP contribution in [-0.2, 0) is 9.53 Å². The molecule has 1 aliphatic rings. The van der Waals surface area contributed by atoms with Crippen molar-refractivity contribution in [2.24, 2.45) is 5.92 Å². The lowest BCUT2D eigenvalue weighted by Gasteiger charge is -2.22. The molecule has 0 bridgehead atoms. The first kappa shape index (κ1) is 18.6. The average Bonchev–Trinajstić information content (AvgIpc) is 3.39. The molecule has 0 aromatic carbocycles. The summed E-state index contributed by atoms with van der Waals surface area (Å²) in [4.78, 5) is 26.4. The Morgan fingerprint density at radius 1 is 1.42 bits per heavy atom. The van der Waals surface area contributed by atoms with Crippen molar-refractivity contribution in [2.75, 3.05) is 12.3 Å². The highest BCUT2D eigenvalue weighted by Gasteiger charge is 2.43. The molecule has 24 heavy (non-hydrogen) atoms. The molecule has 1 aromatic rings. The Labute approximate surface area is 153 Å². The molecular weight excluding hydrogens is 379 g/mol. The van der Waals surface area contributed by atoms with Crippen LogP contribution in [0.2, 0.25) is 15.2 Å². The van der Waals surface area contributed by atoms with Crippen molar-refractivity contribution in [1.82, 2.24) is 5.32 Å². The molecule has 1 atom stereocenters. The van der Waals surface area contributed by atoms with Crippen molar-refractivity contribution in [2.45, 2.75) is 25.3 Å². The maximum atomic E-state index is 12.0. The standard InChI is InChI=1S/C14H13Cl3N4O3/c1-14(5-18,6-2-3-6)21-7(22)4-24-13(23)11-8(15)10(19)9(16)12(17)20-11/h6H,2-4H2,1H3,(H2,19,20)(H,21,22)/p+1/t14-/m1/s1. The van der Waals surface area contributed by atoms with Crippen LogP contribution in [0.4, 0.5) is 5.69 Å². The minimum Gasteiger partial charge on any atom is -0.448 e. The number of nitrogens with one attached hydrogen (secondary N) is 2. The fraction of sp³-hybridized carbons (Fsp3) is 0.429. The topological polar surface area (TPSA) is 119 Å². The zero-order valence-electron chi connectivity index (χ0n) is 12.6. The van der Waals surface area contributed by atoms with E-state index in [2.05, 4.69) is 16.4 Å². The van der Waals surface area contributed by atoms with Gasteiger partial charge in [-0.15, -0.1) is 0 Å². The van der Waals surface area contributed by atoms with Crippen LogP contribution < -0.4 is 16.0 Å². The summed E-state index contributed by atoms with van der Waals surface area (Å²) in [6.07, 6.45) is 1.74. The van der Waals surface area contributed by atoms with Crippen LogP contribution in [0.25, 0.3) is 0 Å². The van der Waals surface area contributed by atoms with Gasteiger partial charge in [0.15, 0.2) is 6.61 Å². The van der Waals surface area contributed by atoms with E-state index in [1.54, 1.807) is 6.92 Å². The number of nitrogens with two attached hydrogens (primary N) is 1. The molecule has 0 saturated heterocycles. The smallest absolute Gasteiger partial charge is 0.405 e. The highest BCUT2D eigenvalue weighted by molar-refractivity contribution is 6.45. The van der Waals surface area contributed by atoms with Gasteiger partial charge in [0.05, 0.1) is 11.8 Å². The van der Waals surface area contributed by atoms with E-state index in [-0.39, 0.29) is 32.5 Å². The highest BCUT2D eigenvalue weighted by atomic mass is 35.5. The van der Waals surface area contributed by atoms with E-state index in [0.29, 0.717) is 0 Å². The molecule has 7 nitrogen and oxygen atoms in total. The van der Waals surface area contributed by atoms with Gasteiger partial charge in [-0.3, -0.25) is 4.79 Å². The average molecular weight is 393 g/mol. The maximum absolute atomic E-state index is 12.0. The van der Waals surface area contributed by atoms with E-state index in [9.17, 15) is 14.9 Å². The molecule has 1 aromatic heterocycles. The van der Waals surface area contributed by atoms with E-state index in [4.69, 9.17) is 45.3 Å².